The van der Waals surface area contributed by atoms with Crippen molar-refractivity contribution in [2.75, 3.05) is 27.3 Å². The first-order valence-corrected chi connectivity index (χ1v) is 11.2. The summed E-state index contributed by atoms with van der Waals surface area (Å²) in [7, 11) is 3.26. The van der Waals surface area contributed by atoms with Crippen LogP contribution in [0, 0.1) is 0 Å². The Balaban J connectivity index is 2.42. The highest BCUT2D eigenvalue weighted by molar-refractivity contribution is 5.74. The van der Waals surface area contributed by atoms with Crippen LogP contribution in [0.1, 0.15) is 44.4 Å². The molecule has 0 bridgehead atoms. The van der Waals surface area contributed by atoms with E-state index in [2.05, 4.69) is 6.58 Å². The second-order valence-electron chi connectivity index (χ2n) is 8.23. The molecule has 0 unspecified atom stereocenters. The third-order valence-corrected chi connectivity index (χ3v) is 4.77. The highest BCUT2D eigenvalue weighted by Crippen LogP contribution is 2.34. The van der Waals surface area contributed by atoms with Crippen LogP contribution in [0.5, 0.6) is 23.0 Å². The predicted molar refractivity (Wildman–Crippen MR) is 134 cm³/mol. The van der Waals surface area contributed by atoms with Crippen molar-refractivity contribution in [2.45, 2.75) is 46.3 Å². The Bertz CT molecular complexity index is 936. The van der Waals surface area contributed by atoms with Gasteiger partial charge in [0.25, 0.3) is 0 Å². The Kier molecular flexibility index (Phi) is 10.3. The average Bonchev–Trinajstić information content (AvgIpc) is 2.76. The second kappa shape index (κ2) is 12.9. The van der Waals surface area contributed by atoms with Gasteiger partial charge in [-0.3, -0.25) is 0 Å². The largest absolute Gasteiger partial charge is 0.493 e. The Morgan fingerprint density at radius 2 is 1.52 bits per heavy atom. The number of hydrogen-bond donors (Lipinski definition) is 1. The molecule has 0 aliphatic rings. The molecule has 180 valence electrons. The molecule has 0 amide bonds. The van der Waals surface area contributed by atoms with Crippen molar-refractivity contribution >= 4 is 12.2 Å². The topological polar surface area (TPSA) is 60.4 Å². The summed E-state index contributed by atoms with van der Waals surface area (Å²) in [5.41, 5.74) is 3.00. The van der Waals surface area contributed by atoms with Gasteiger partial charge in [0.15, 0.2) is 23.0 Å². The zero-order valence-electron chi connectivity index (χ0n) is 20.6. The van der Waals surface area contributed by atoms with E-state index in [-0.39, 0.29) is 12.2 Å². The van der Waals surface area contributed by atoms with Gasteiger partial charge in [0.2, 0.25) is 0 Å². The van der Waals surface area contributed by atoms with Gasteiger partial charge in [-0.2, -0.15) is 5.06 Å². The van der Waals surface area contributed by atoms with Crippen LogP contribution in [-0.2, 0) is 6.42 Å². The molecule has 0 atom stereocenters. The van der Waals surface area contributed by atoms with E-state index in [1.807, 2.05) is 70.2 Å². The maximum absolute atomic E-state index is 10.0. The zero-order chi connectivity index (χ0) is 24.4. The summed E-state index contributed by atoms with van der Waals surface area (Å²) in [5, 5.41) is 11.3. The first-order chi connectivity index (χ1) is 15.8. The monoisotopic (exact) mass is 455 g/mol. The van der Waals surface area contributed by atoms with E-state index in [4.69, 9.17) is 18.9 Å². The molecule has 0 saturated carbocycles. The lowest BCUT2D eigenvalue weighted by molar-refractivity contribution is -0.0789. The highest BCUT2D eigenvalue weighted by atomic mass is 16.5. The van der Waals surface area contributed by atoms with Crippen molar-refractivity contribution < 1.29 is 24.2 Å². The quantitative estimate of drug-likeness (QED) is 0.232. The highest BCUT2D eigenvalue weighted by Gasteiger charge is 2.13. The van der Waals surface area contributed by atoms with Gasteiger partial charge in [-0.25, -0.2) is 0 Å². The van der Waals surface area contributed by atoms with E-state index in [9.17, 15) is 5.21 Å². The molecular weight excluding hydrogens is 418 g/mol. The number of benzene rings is 2. The van der Waals surface area contributed by atoms with Gasteiger partial charge >= 0.3 is 0 Å². The molecule has 0 saturated heterocycles. The number of nitrogens with zero attached hydrogens (tertiary/aromatic N) is 1. The first kappa shape index (κ1) is 26.3. The maximum Gasteiger partial charge on any atom is 0.162 e. The molecule has 33 heavy (non-hydrogen) atoms. The average molecular weight is 456 g/mol. The minimum Gasteiger partial charge on any atom is -0.493 e. The summed E-state index contributed by atoms with van der Waals surface area (Å²) in [6, 6.07) is 9.80. The lowest BCUT2D eigenvalue weighted by Crippen LogP contribution is -2.22. The number of methoxy groups -OCH3 is 2. The molecule has 0 aliphatic heterocycles. The Morgan fingerprint density at radius 1 is 0.879 bits per heavy atom. The number of ether oxygens (including phenoxy) is 4. The minimum atomic E-state index is 0.0134. The van der Waals surface area contributed by atoms with Crippen LogP contribution < -0.4 is 18.9 Å². The molecule has 1 N–H and O–H groups in total. The van der Waals surface area contributed by atoms with Gasteiger partial charge < -0.3 is 24.2 Å². The standard InChI is InChI=1S/C27H37NO5/c1-8-14-28(29)15-13-23-17-25(31-7)27(33-20(4)5)18-22(23)11-9-21-10-12-24(30-6)26(16-21)32-19(2)3/h8-12,16-20,29H,1,13-15H2,2-7H3/b11-9+. The number of rotatable bonds is 13. The summed E-state index contributed by atoms with van der Waals surface area (Å²) in [6.07, 6.45) is 6.42. The fourth-order valence-electron chi connectivity index (χ4n) is 3.31. The van der Waals surface area contributed by atoms with Crippen LogP contribution in [0.2, 0.25) is 0 Å². The van der Waals surface area contributed by atoms with Crippen molar-refractivity contribution in [2.24, 2.45) is 0 Å². The molecule has 0 aromatic heterocycles. The van der Waals surface area contributed by atoms with Crippen molar-refractivity contribution in [1.82, 2.24) is 5.06 Å². The van der Waals surface area contributed by atoms with E-state index in [1.54, 1.807) is 20.3 Å². The van der Waals surface area contributed by atoms with Crippen molar-refractivity contribution in [3.63, 3.8) is 0 Å². The third kappa shape index (κ3) is 8.15. The minimum absolute atomic E-state index is 0.0134. The van der Waals surface area contributed by atoms with Crippen molar-refractivity contribution in [3.8, 4) is 23.0 Å². The van der Waals surface area contributed by atoms with E-state index in [1.165, 1.54) is 5.06 Å². The normalized spacial score (nSPS) is 11.5. The van der Waals surface area contributed by atoms with Crippen LogP contribution in [0.4, 0.5) is 0 Å². The molecule has 2 aromatic rings. The molecule has 6 heteroatoms. The molecule has 0 aliphatic carbocycles. The van der Waals surface area contributed by atoms with E-state index in [0.29, 0.717) is 42.5 Å². The SMILES string of the molecule is C=CCN(O)CCc1cc(OC)c(OC(C)C)cc1/C=C/c1ccc(OC)c(OC(C)C)c1. The molecule has 6 nitrogen and oxygen atoms in total. The van der Waals surface area contributed by atoms with Gasteiger partial charge in [-0.05, 0) is 75.1 Å². The van der Waals surface area contributed by atoms with Gasteiger partial charge in [0, 0.05) is 13.1 Å². The fraction of sp³-hybridized carbons (Fsp3) is 0.407. The van der Waals surface area contributed by atoms with E-state index >= 15 is 0 Å². The fourth-order valence-corrected chi connectivity index (χ4v) is 3.31. The Morgan fingerprint density at radius 3 is 2.09 bits per heavy atom. The summed E-state index contributed by atoms with van der Waals surface area (Å²) in [6.45, 7) is 12.5. The van der Waals surface area contributed by atoms with Crippen LogP contribution in [0.15, 0.2) is 43.0 Å². The molecule has 2 rings (SSSR count). The summed E-state index contributed by atoms with van der Waals surface area (Å²) in [4.78, 5) is 0. The summed E-state index contributed by atoms with van der Waals surface area (Å²) >= 11 is 0. The molecule has 0 heterocycles. The van der Waals surface area contributed by atoms with Gasteiger partial charge in [0.1, 0.15) is 0 Å². The van der Waals surface area contributed by atoms with Crippen LogP contribution >= 0.6 is 0 Å². The van der Waals surface area contributed by atoms with E-state index < -0.39 is 0 Å². The van der Waals surface area contributed by atoms with Gasteiger partial charge in [-0.1, -0.05) is 24.3 Å². The van der Waals surface area contributed by atoms with Crippen molar-refractivity contribution in [1.29, 1.82) is 0 Å². The number of hydroxylamine groups is 2. The van der Waals surface area contributed by atoms with Gasteiger partial charge in [-0.15, -0.1) is 6.58 Å². The third-order valence-electron chi connectivity index (χ3n) is 4.77. The Hall–Kier alpha value is -2.96. The van der Waals surface area contributed by atoms with Crippen molar-refractivity contribution in [3.05, 3.63) is 59.7 Å². The van der Waals surface area contributed by atoms with Gasteiger partial charge in [0.05, 0.1) is 26.4 Å². The molecule has 0 spiro atoms. The summed E-state index contributed by atoms with van der Waals surface area (Å²) in [5.74, 6) is 2.75. The maximum atomic E-state index is 10.0. The first-order valence-electron chi connectivity index (χ1n) is 11.2. The zero-order valence-corrected chi connectivity index (χ0v) is 20.6. The molecular formula is C27H37NO5. The van der Waals surface area contributed by atoms with Crippen LogP contribution in [-0.4, -0.2) is 49.8 Å². The lowest BCUT2D eigenvalue weighted by atomic mass is 10.0. The van der Waals surface area contributed by atoms with E-state index in [0.717, 1.165) is 16.7 Å². The summed E-state index contributed by atoms with van der Waals surface area (Å²) < 4.78 is 22.9. The van der Waals surface area contributed by atoms with Crippen LogP contribution in [0.25, 0.3) is 12.2 Å². The second-order valence-corrected chi connectivity index (χ2v) is 8.23. The smallest absolute Gasteiger partial charge is 0.162 e. The predicted octanol–water partition coefficient (Wildman–Crippen LogP) is 5.87. The lowest BCUT2D eigenvalue weighted by Gasteiger charge is -2.18. The Labute approximate surface area is 198 Å². The molecule has 0 fully saturated rings. The number of hydrogen-bond acceptors (Lipinski definition) is 6. The molecule has 0 radical (unpaired) electrons. The van der Waals surface area contributed by atoms with Crippen LogP contribution in [0.3, 0.4) is 0 Å². The molecule has 2 aromatic carbocycles.